The van der Waals surface area contributed by atoms with Crippen molar-refractivity contribution in [3.63, 3.8) is 0 Å². The fraction of sp³-hybridized carbons (Fsp3) is 0.367. The summed E-state index contributed by atoms with van der Waals surface area (Å²) in [6.07, 6.45) is 1.11. The number of hydrogen-bond acceptors (Lipinski definition) is 6. The van der Waals surface area contributed by atoms with E-state index in [0.29, 0.717) is 35.5 Å². The summed E-state index contributed by atoms with van der Waals surface area (Å²) < 4.78 is 63.4. The first-order chi connectivity index (χ1) is 20.9. The Morgan fingerprint density at radius 3 is 2.05 bits per heavy atom. The Morgan fingerprint density at radius 1 is 0.864 bits per heavy atom. The molecule has 1 amide bonds. The summed E-state index contributed by atoms with van der Waals surface area (Å²) in [5, 5.41) is 17.3. The normalized spacial score (nSPS) is 23.6. The summed E-state index contributed by atoms with van der Waals surface area (Å²) >= 11 is 0. The number of amides is 1. The van der Waals surface area contributed by atoms with Gasteiger partial charge in [0, 0.05) is 36.6 Å². The minimum absolute atomic E-state index is 0.0796. The van der Waals surface area contributed by atoms with E-state index in [-0.39, 0.29) is 42.0 Å². The summed E-state index contributed by atoms with van der Waals surface area (Å²) in [4.78, 5) is 35.2. The lowest BCUT2D eigenvalue weighted by Gasteiger charge is -2.46. The third-order valence-electron chi connectivity index (χ3n) is 8.35. The first kappa shape index (κ1) is 30.9. The van der Waals surface area contributed by atoms with E-state index < -0.39 is 34.9 Å². The number of carbonyl (C=O) groups is 1. The van der Waals surface area contributed by atoms with Crippen LogP contribution in [0.15, 0.2) is 67.2 Å². The number of nitrogens with one attached hydrogen (secondary N) is 3. The standard InChI is InChI=1S/C16H16F2N2O4.C14H14F2N2O2/c1-16(10-2-3-11(17)12(18)6-10)8-9(4-5-20(16)15(22)23)13-7-14(21)19-24-13;15-10-2-1-8(5-11(10)16)12-6-9(3-4-17-12)13-7-14(19)18-20-13/h2-3,6-7,9H,4-5,8H2,1H3,(H,19,21)(H,22,23);1-2,5,7,9,12,17H,3-4,6H2,(H,18,19)/t9-,16+;9-,12+/m00/s1. The van der Waals surface area contributed by atoms with E-state index in [1.54, 1.807) is 13.0 Å². The second kappa shape index (κ2) is 12.6. The molecular weight excluding hydrogens is 588 g/mol. The van der Waals surface area contributed by atoms with Crippen molar-refractivity contribution in [2.24, 2.45) is 0 Å². The number of hydrogen-bond donors (Lipinski definition) is 4. The van der Waals surface area contributed by atoms with E-state index in [1.165, 1.54) is 29.2 Å². The average molecular weight is 619 g/mol. The number of likely N-dealkylation sites (tertiary alicyclic amines) is 1. The number of rotatable bonds is 4. The van der Waals surface area contributed by atoms with Crippen molar-refractivity contribution in [1.29, 1.82) is 0 Å². The van der Waals surface area contributed by atoms with Gasteiger partial charge in [-0.15, -0.1) is 0 Å². The molecule has 2 aromatic heterocycles. The number of H-pyrrole nitrogens is 2. The molecule has 44 heavy (non-hydrogen) atoms. The molecule has 10 nitrogen and oxygen atoms in total. The van der Waals surface area contributed by atoms with Crippen LogP contribution in [0.3, 0.4) is 0 Å². The maximum Gasteiger partial charge on any atom is 0.408 e. The van der Waals surface area contributed by atoms with Gasteiger partial charge in [0.05, 0.1) is 5.54 Å². The smallest absolute Gasteiger partial charge is 0.408 e. The summed E-state index contributed by atoms with van der Waals surface area (Å²) in [6.45, 7) is 2.57. The molecule has 4 aromatic rings. The number of nitrogens with zero attached hydrogens (tertiary/aromatic N) is 1. The Labute approximate surface area is 247 Å². The van der Waals surface area contributed by atoms with Crippen LogP contribution in [0.25, 0.3) is 0 Å². The van der Waals surface area contributed by atoms with Crippen molar-refractivity contribution in [2.45, 2.75) is 56.0 Å². The number of piperidine rings is 2. The zero-order valence-electron chi connectivity index (χ0n) is 23.5. The topological polar surface area (TPSA) is 145 Å². The molecule has 0 radical (unpaired) electrons. The van der Waals surface area contributed by atoms with E-state index >= 15 is 0 Å². The Morgan fingerprint density at radius 2 is 1.48 bits per heavy atom. The zero-order chi connectivity index (χ0) is 31.6. The Bertz CT molecular complexity index is 1750. The van der Waals surface area contributed by atoms with Gasteiger partial charge in [0.1, 0.15) is 11.5 Å². The lowest BCUT2D eigenvalue weighted by Crippen LogP contribution is -2.51. The first-order valence-corrected chi connectivity index (χ1v) is 14.0. The summed E-state index contributed by atoms with van der Waals surface area (Å²) in [6, 6.07) is 9.98. The van der Waals surface area contributed by atoms with Crippen molar-refractivity contribution in [3.8, 4) is 0 Å². The molecule has 2 fully saturated rings. The number of carboxylic acid groups (broad SMARTS) is 1. The number of halogens is 4. The first-order valence-electron chi connectivity index (χ1n) is 14.0. The van der Waals surface area contributed by atoms with E-state index in [0.717, 1.165) is 31.2 Å². The van der Waals surface area contributed by atoms with Crippen LogP contribution in [0.4, 0.5) is 22.4 Å². The van der Waals surface area contributed by atoms with Crippen LogP contribution >= 0.6 is 0 Å². The van der Waals surface area contributed by atoms with Gasteiger partial charge in [-0.1, -0.05) is 12.1 Å². The van der Waals surface area contributed by atoms with Gasteiger partial charge in [-0.25, -0.2) is 22.4 Å². The minimum Gasteiger partial charge on any atom is -0.465 e. The highest BCUT2D eigenvalue weighted by molar-refractivity contribution is 5.67. The van der Waals surface area contributed by atoms with Crippen LogP contribution in [0.5, 0.6) is 0 Å². The molecule has 0 spiro atoms. The van der Waals surface area contributed by atoms with Crippen LogP contribution in [-0.4, -0.2) is 39.5 Å². The SMILES string of the molecule is C[C@]1(c2ccc(F)c(F)c2)C[C@@H](c2cc(=O)[nH]o2)CCN1C(=O)O.O=c1cc([C@H]2CCN[C@@H](c3ccc(F)c(F)c3)C2)o[nH]1. The average Bonchev–Trinajstić information content (AvgIpc) is 3.64. The summed E-state index contributed by atoms with van der Waals surface area (Å²) in [7, 11) is 0. The highest BCUT2D eigenvalue weighted by Gasteiger charge is 2.44. The molecule has 4 heterocycles. The van der Waals surface area contributed by atoms with Gasteiger partial charge in [0.15, 0.2) is 23.3 Å². The molecule has 234 valence electrons. The van der Waals surface area contributed by atoms with E-state index in [9.17, 15) is 37.1 Å². The Balaban J connectivity index is 0.000000177. The van der Waals surface area contributed by atoms with Gasteiger partial charge in [-0.05, 0) is 74.5 Å². The van der Waals surface area contributed by atoms with Crippen LogP contribution < -0.4 is 16.4 Å². The van der Waals surface area contributed by atoms with Gasteiger partial charge in [0.25, 0.3) is 11.1 Å². The van der Waals surface area contributed by atoms with Gasteiger partial charge in [-0.3, -0.25) is 14.5 Å². The number of benzene rings is 2. The molecule has 2 aliphatic heterocycles. The highest BCUT2D eigenvalue weighted by atomic mass is 19.2. The largest absolute Gasteiger partial charge is 0.465 e. The minimum atomic E-state index is -1.14. The van der Waals surface area contributed by atoms with Gasteiger partial charge in [0.2, 0.25) is 0 Å². The van der Waals surface area contributed by atoms with Crippen molar-refractivity contribution in [2.75, 3.05) is 13.1 Å². The molecule has 4 atom stereocenters. The highest BCUT2D eigenvalue weighted by Crippen LogP contribution is 2.44. The van der Waals surface area contributed by atoms with Gasteiger partial charge in [-0.2, -0.15) is 10.3 Å². The number of aromatic nitrogens is 2. The van der Waals surface area contributed by atoms with Crippen molar-refractivity contribution >= 4 is 6.09 Å². The summed E-state index contributed by atoms with van der Waals surface area (Å²) in [5.41, 5.74) is -0.653. The predicted molar refractivity (Wildman–Crippen MR) is 148 cm³/mol. The van der Waals surface area contributed by atoms with Crippen molar-refractivity contribution < 1.29 is 36.5 Å². The van der Waals surface area contributed by atoms with Crippen LogP contribution in [0.1, 0.15) is 73.1 Å². The second-order valence-corrected chi connectivity index (χ2v) is 11.2. The lowest BCUT2D eigenvalue weighted by atomic mass is 9.76. The molecular formula is C30H30F4N4O6. The molecule has 4 N–H and O–H groups in total. The quantitative estimate of drug-likeness (QED) is 0.222. The van der Waals surface area contributed by atoms with Crippen LogP contribution in [0, 0.1) is 23.3 Å². The third kappa shape index (κ3) is 6.49. The van der Waals surface area contributed by atoms with Crippen molar-refractivity contribution in [3.05, 3.63) is 115 Å². The van der Waals surface area contributed by atoms with Gasteiger partial charge < -0.3 is 19.5 Å². The molecule has 6 rings (SSSR count). The molecule has 0 unspecified atom stereocenters. The van der Waals surface area contributed by atoms with E-state index in [4.69, 9.17) is 9.05 Å². The number of aromatic amines is 2. The van der Waals surface area contributed by atoms with Crippen molar-refractivity contribution in [1.82, 2.24) is 20.5 Å². The van der Waals surface area contributed by atoms with Gasteiger partial charge >= 0.3 is 6.09 Å². The summed E-state index contributed by atoms with van der Waals surface area (Å²) in [5.74, 6) is -2.80. The lowest BCUT2D eigenvalue weighted by molar-refractivity contribution is 0.0438. The van der Waals surface area contributed by atoms with E-state index in [2.05, 4.69) is 15.6 Å². The van der Waals surface area contributed by atoms with Crippen LogP contribution in [0.2, 0.25) is 0 Å². The fourth-order valence-electron chi connectivity index (χ4n) is 6.03. The molecule has 2 aliphatic rings. The molecule has 0 saturated carbocycles. The zero-order valence-corrected chi connectivity index (χ0v) is 23.5. The Hall–Kier alpha value is -4.59. The third-order valence-corrected chi connectivity index (χ3v) is 8.35. The molecule has 2 saturated heterocycles. The van der Waals surface area contributed by atoms with Crippen LogP contribution in [-0.2, 0) is 5.54 Å². The molecule has 2 aromatic carbocycles. The maximum absolute atomic E-state index is 13.7. The second-order valence-electron chi connectivity index (χ2n) is 11.2. The Kier molecular flexibility index (Phi) is 8.81. The predicted octanol–water partition coefficient (Wildman–Crippen LogP) is 5.47. The van der Waals surface area contributed by atoms with E-state index in [1.807, 2.05) is 0 Å². The fourth-order valence-corrected chi connectivity index (χ4v) is 6.03. The molecule has 0 aliphatic carbocycles. The molecule has 14 heteroatoms. The molecule has 0 bridgehead atoms. The monoisotopic (exact) mass is 618 g/mol. The maximum atomic E-state index is 13.7.